The second-order valence-corrected chi connectivity index (χ2v) is 8.34. The summed E-state index contributed by atoms with van der Waals surface area (Å²) in [6, 6.07) is 14.8. The molecule has 1 aromatic heterocycles. The summed E-state index contributed by atoms with van der Waals surface area (Å²) in [7, 11) is 1.55. The maximum Gasteiger partial charge on any atom is 0.257 e. The number of rotatable bonds is 6. The van der Waals surface area contributed by atoms with Gasteiger partial charge < -0.3 is 20.4 Å². The molecule has 0 bridgehead atoms. The lowest BCUT2D eigenvalue weighted by Crippen LogP contribution is -2.36. The van der Waals surface area contributed by atoms with Crippen molar-refractivity contribution in [3.8, 4) is 5.75 Å². The number of fused-ring (bicyclic) bond motifs is 1. The van der Waals surface area contributed by atoms with Gasteiger partial charge in [-0.25, -0.2) is 4.98 Å². The highest BCUT2D eigenvalue weighted by molar-refractivity contribution is 7.98. The van der Waals surface area contributed by atoms with Crippen molar-refractivity contribution in [1.29, 1.82) is 0 Å². The summed E-state index contributed by atoms with van der Waals surface area (Å²) in [6.45, 7) is 2.02. The fourth-order valence-corrected chi connectivity index (χ4v) is 4.40. The van der Waals surface area contributed by atoms with E-state index in [1.54, 1.807) is 31.4 Å². The fraction of sp³-hybridized carbons (Fsp3) is 0.217. The van der Waals surface area contributed by atoms with Crippen molar-refractivity contribution in [3.63, 3.8) is 0 Å². The number of hydrogen-bond donors (Lipinski definition) is 3. The molecule has 164 valence electrons. The van der Waals surface area contributed by atoms with Crippen molar-refractivity contribution >= 4 is 35.1 Å². The van der Waals surface area contributed by atoms with Crippen molar-refractivity contribution in [3.05, 3.63) is 75.6 Å². The molecule has 1 unspecified atom stereocenters. The van der Waals surface area contributed by atoms with E-state index in [9.17, 15) is 14.4 Å². The molecule has 32 heavy (non-hydrogen) atoms. The minimum Gasteiger partial charge on any atom is -0.497 e. The van der Waals surface area contributed by atoms with Gasteiger partial charge >= 0.3 is 0 Å². The Hall–Kier alpha value is -3.59. The number of benzene rings is 2. The normalized spacial score (nSPS) is 14.9. The lowest BCUT2D eigenvalue weighted by atomic mass is 9.92. The van der Waals surface area contributed by atoms with Crippen LogP contribution in [0.1, 0.15) is 29.0 Å². The molecule has 1 atom stereocenters. The molecule has 0 radical (unpaired) electrons. The van der Waals surface area contributed by atoms with Crippen LogP contribution in [0.25, 0.3) is 0 Å². The average molecular weight is 451 g/mol. The molecule has 0 saturated carbocycles. The molecule has 3 aromatic rings. The zero-order valence-electron chi connectivity index (χ0n) is 17.6. The number of aromatic amines is 1. The number of ether oxygens (including phenoxy) is 1. The first-order valence-electron chi connectivity index (χ1n) is 10.0. The molecule has 8 nitrogen and oxygen atoms in total. The van der Waals surface area contributed by atoms with Gasteiger partial charge in [-0.2, -0.15) is 0 Å². The number of nitrogens with zero attached hydrogens (tertiary/aromatic N) is 1. The summed E-state index contributed by atoms with van der Waals surface area (Å²) >= 11 is 1.36. The van der Waals surface area contributed by atoms with Gasteiger partial charge in [0.05, 0.1) is 18.6 Å². The number of H-pyrrole nitrogens is 1. The number of aromatic nitrogens is 2. The number of carbonyl (C=O) groups is 2. The highest BCUT2D eigenvalue weighted by Gasteiger charge is 2.34. The molecule has 4 rings (SSSR count). The van der Waals surface area contributed by atoms with Crippen molar-refractivity contribution in [2.75, 3.05) is 17.7 Å². The quantitative estimate of drug-likeness (QED) is 0.392. The summed E-state index contributed by atoms with van der Waals surface area (Å²) in [5.74, 6) is -0.343. The fourth-order valence-electron chi connectivity index (χ4n) is 3.46. The van der Waals surface area contributed by atoms with E-state index in [4.69, 9.17) is 4.74 Å². The summed E-state index contributed by atoms with van der Waals surface area (Å²) in [6.07, 6.45) is -0.130. The number of thioether (sulfide) groups is 1. The minimum absolute atomic E-state index is 0.130. The third-order valence-corrected chi connectivity index (χ3v) is 6.15. The Labute approximate surface area is 188 Å². The molecule has 1 aliphatic rings. The van der Waals surface area contributed by atoms with Crippen LogP contribution in [0, 0.1) is 6.92 Å². The lowest BCUT2D eigenvalue weighted by molar-refractivity contribution is -0.123. The van der Waals surface area contributed by atoms with Gasteiger partial charge in [0, 0.05) is 17.9 Å². The van der Waals surface area contributed by atoms with Crippen LogP contribution in [0.4, 0.5) is 11.5 Å². The number of nitrogens with one attached hydrogen (secondary N) is 3. The maximum atomic E-state index is 12.9. The van der Waals surface area contributed by atoms with Crippen LogP contribution in [0.15, 0.2) is 58.5 Å². The number of amides is 2. The second-order valence-electron chi connectivity index (χ2n) is 7.37. The molecule has 2 amide bonds. The molecule has 0 aliphatic carbocycles. The third-order valence-electron chi connectivity index (χ3n) is 5.23. The molecule has 0 fully saturated rings. The van der Waals surface area contributed by atoms with E-state index in [0.717, 1.165) is 11.1 Å². The first kappa shape index (κ1) is 21.6. The van der Waals surface area contributed by atoms with E-state index in [2.05, 4.69) is 20.6 Å². The van der Waals surface area contributed by atoms with Crippen LogP contribution in [0.5, 0.6) is 5.75 Å². The Morgan fingerprint density at radius 3 is 2.66 bits per heavy atom. The number of hydrogen-bond acceptors (Lipinski definition) is 6. The number of methoxy groups -OCH3 is 1. The molecular weight excluding hydrogens is 428 g/mol. The van der Waals surface area contributed by atoms with Gasteiger partial charge in [-0.15, -0.1) is 0 Å². The monoisotopic (exact) mass is 450 g/mol. The lowest BCUT2D eigenvalue weighted by Gasteiger charge is -2.23. The number of anilines is 2. The van der Waals surface area contributed by atoms with Crippen LogP contribution in [0.2, 0.25) is 0 Å². The Kier molecular flexibility index (Phi) is 6.27. The van der Waals surface area contributed by atoms with E-state index in [1.165, 1.54) is 11.8 Å². The molecule has 1 aliphatic heterocycles. The topological polar surface area (TPSA) is 113 Å². The van der Waals surface area contributed by atoms with Gasteiger partial charge in [0.25, 0.3) is 5.56 Å². The molecule has 2 aromatic carbocycles. The van der Waals surface area contributed by atoms with E-state index >= 15 is 0 Å². The van der Waals surface area contributed by atoms with Crippen LogP contribution in [-0.4, -0.2) is 28.9 Å². The van der Waals surface area contributed by atoms with Crippen molar-refractivity contribution in [2.24, 2.45) is 0 Å². The van der Waals surface area contributed by atoms with Crippen molar-refractivity contribution in [2.45, 2.75) is 30.2 Å². The largest absolute Gasteiger partial charge is 0.497 e. The minimum atomic E-state index is -0.937. The van der Waals surface area contributed by atoms with E-state index in [0.29, 0.717) is 22.3 Å². The van der Waals surface area contributed by atoms with Crippen LogP contribution in [0.3, 0.4) is 0 Å². The zero-order chi connectivity index (χ0) is 22.7. The Balaban J connectivity index is 1.56. The summed E-state index contributed by atoms with van der Waals surface area (Å²) in [5.41, 5.74) is 2.54. The van der Waals surface area contributed by atoms with Gasteiger partial charge in [-0.1, -0.05) is 36.0 Å². The second kappa shape index (κ2) is 9.27. The van der Waals surface area contributed by atoms with Crippen LogP contribution >= 0.6 is 11.8 Å². The Bertz CT molecular complexity index is 1220. The summed E-state index contributed by atoms with van der Waals surface area (Å²) in [4.78, 5) is 45.2. The smallest absolute Gasteiger partial charge is 0.257 e. The molecule has 2 heterocycles. The molecule has 0 saturated heterocycles. The predicted octanol–water partition coefficient (Wildman–Crippen LogP) is 3.44. The zero-order valence-corrected chi connectivity index (χ0v) is 18.4. The Morgan fingerprint density at radius 2 is 1.94 bits per heavy atom. The first-order valence-corrected chi connectivity index (χ1v) is 11.0. The van der Waals surface area contributed by atoms with E-state index in [-0.39, 0.29) is 23.7 Å². The van der Waals surface area contributed by atoms with Crippen molar-refractivity contribution < 1.29 is 14.3 Å². The molecule has 0 spiro atoms. The van der Waals surface area contributed by atoms with Gasteiger partial charge in [0.1, 0.15) is 11.6 Å². The highest BCUT2D eigenvalue weighted by atomic mass is 32.2. The third kappa shape index (κ3) is 4.67. The van der Waals surface area contributed by atoms with Crippen molar-refractivity contribution in [1.82, 2.24) is 9.97 Å². The standard InChI is InChI=1S/C23H22N4O4S/c1-13-5-3-4-6-14(13)12-32-23-26-20-19(22(30)27-23)17(11-18(28)25-20)21(29)24-15-7-9-16(31-2)10-8-15/h3-10,17H,11-12H2,1-2H3,(H,24,29)(H2,25,26,27,28,30). The molecule has 3 N–H and O–H groups in total. The maximum absolute atomic E-state index is 12.9. The van der Waals surface area contributed by atoms with E-state index < -0.39 is 17.4 Å². The summed E-state index contributed by atoms with van der Waals surface area (Å²) in [5, 5.41) is 5.78. The van der Waals surface area contributed by atoms with Gasteiger partial charge in [-0.3, -0.25) is 14.4 Å². The van der Waals surface area contributed by atoms with E-state index in [1.807, 2.05) is 31.2 Å². The summed E-state index contributed by atoms with van der Waals surface area (Å²) < 4.78 is 5.11. The highest BCUT2D eigenvalue weighted by Crippen LogP contribution is 2.31. The predicted molar refractivity (Wildman–Crippen MR) is 123 cm³/mol. The average Bonchev–Trinajstić information content (AvgIpc) is 2.78. The molecular formula is C23H22N4O4S. The molecule has 9 heteroatoms. The SMILES string of the molecule is COc1ccc(NC(=O)C2CC(=O)Nc3nc(SCc4ccccc4C)[nH]c(=O)c32)cc1. The number of aryl methyl sites for hydroxylation is 1. The Morgan fingerprint density at radius 1 is 1.19 bits per heavy atom. The van der Waals surface area contributed by atoms with Gasteiger partial charge in [-0.05, 0) is 42.3 Å². The number of carbonyl (C=O) groups excluding carboxylic acids is 2. The van der Waals surface area contributed by atoms with Crippen LogP contribution < -0.4 is 20.9 Å². The van der Waals surface area contributed by atoms with Gasteiger partial charge in [0.15, 0.2) is 5.16 Å². The van der Waals surface area contributed by atoms with Gasteiger partial charge in [0.2, 0.25) is 11.8 Å². The first-order chi connectivity index (χ1) is 15.4. The van der Waals surface area contributed by atoms with Crippen LogP contribution in [-0.2, 0) is 15.3 Å².